The molecule has 0 radical (unpaired) electrons. The van der Waals surface area contributed by atoms with Crippen LogP contribution in [-0.4, -0.2) is 43.8 Å². The van der Waals surface area contributed by atoms with E-state index in [1.54, 1.807) is 0 Å². The van der Waals surface area contributed by atoms with Gasteiger partial charge in [0.2, 0.25) is 0 Å². The van der Waals surface area contributed by atoms with Crippen molar-refractivity contribution in [1.29, 1.82) is 0 Å². The van der Waals surface area contributed by atoms with Gasteiger partial charge in [-0.05, 0) is 64.3 Å². The van der Waals surface area contributed by atoms with Gasteiger partial charge in [0.15, 0.2) is 0 Å². The molecule has 21 heavy (non-hydrogen) atoms. The van der Waals surface area contributed by atoms with Gasteiger partial charge in [-0.1, -0.05) is 26.7 Å². The van der Waals surface area contributed by atoms with Crippen LogP contribution in [0.3, 0.4) is 0 Å². The lowest BCUT2D eigenvalue weighted by Gasteiger charge is -2.32. The predicted molar refractivity (Wildman–Crippen MR) is 81.4 cm³/mol. The van der Waals surface area contributed by atoms with E-state index in [4.69, 9.17) is 0 Å². The van der Waals surface area contributed by atoms with Gasteiger partial charge in [0, 0.05) is 0 Å². The van der Waals surface area contributed by atoms with Crippen molar-refractivity contribution < 1.29 is 13.2 Å². The van der Waals surface area contributed by atoms with Crippen LogP contribution in [0.4, 0.5) is 13.2 Å². The van der Waals surface area contributed by atoms with E-state index in [1.807, 2.05) is 0 Å². The number of nitrogens with one attached hydrogen (secondary N) is 1. The second kappa shape index (κ2) is 9.67. The van der Waals surface area contributed by atoms with E-state index in [1.165, 1.54) is 19.3 Å². The molecule has 0 aliphatic carbocycles. The largest absolute Gasteiger partial charge is 0.391 e. The first-order valence-electron chi connectivity index (χ1n) is 8.39. The third kappa shape index (κ3) is 8.67. The van der Waals surface area contributed by atoms with Gasteiger partial charge < -0.3 is 10.2 Å². The SMILES string of the molecule is CC(C)CNCCCCCCN1CCC(C(F)(F)F)CC1. The van der Waals surface area contributed by atoms with E-state index >= 15 is 0 Å². The third-order valence-electron chi connectivity index (χ3n) is 4.18. The number of hydrogen-bond donors (Lipinski definition) is 1. The fourth-order valence-electron chi connectivity index (χ4n) is 2.81. The Balaban J connectivity index is 1.93. The molecular formula is C16H31F3N2. The van der Waals surface area contributed by atoms with Crippen molar-refractivity contribution in [2.75, 3.05) is 32.7 Å². The summed E-state index contributed by atoms with van der Waals surface area (Å²) >= 11 is 0. The van der Waals surface area contributed by atoms with Crippen LogP contribution in [0.25, 0.3) is 0 Å². The van der Waals surface area contributed by atoms with Crippen molar-refractivity contribution in [3.05, 3.63) is 0 Å². The van der Waals surface area contributed by atoms with Gasteiger partial charge in [-0.15, -0.1) is 0 Å². The maximum absolute atomic E-state index is 12.5. The topological polar surface area (TPSA) is 15.3 Å². The Bertz CT molecular complexity index is 259. The normalized spacial score (nSPS) is 18.6. The Morgan fingerprint density at radius 2 is 1.67 bits per heavy atom. The molecule has 1 N–H and O–H groups in total. The standard InChI is InChI=1S/C16H31F3N2/c1-14(2)13-20-9-5-3-4-6-10-21-11-7-15(8-12-21)16(17,18)19/h14-15,20H,3-13H2,1-2H3. The van der Waals surface area contributed by atoms with E-state index in [0.29, 0.717) is 19.0 Å². The van der Waals surface area contributed by atoms with Crippen molar-refractivity contribution >= 4 is 0 Å². The predicted octanol–water partition coefficient (Wildman–Crippen LogP) is 4.07. The minimum atomic E-state index is -3.99. The van der Waals surface area contributed by atoms with Gasteiger partial charge in [0.25, 0.3) is 0 Å². The van der Waals surface area contributed by atoms with Crippen LogP contribution in [0.5, 0.6) is 0 Å². The summed E-state index contributed by atoms with van der Waals surface area (Å²) in [5, 5.41) is 3.43. The van der Waals surface area contributed by atoms with E-state index in [-0.39, 0.29) is 12.8 Å². The molecule has 0 aromatic heterocycles. The molecule has 126 valence electrons. The lowest BCUT2D eigenvalue weighted by atomic mass is 9.96. The molecule has 0 unspecified atom stereocenters. The molecule has 0 spiro atoms. The molecule has 0 saturated carbocycles. The first kappa shape index (κ1) is 18.8. The van der Waals surface area contributed by atoms with E-state index in [9.17, 15) is 13.2 Å². The number of unbranched alkanes of at least 4 members (excludes halogenated alkanes) is 3. The molecule has 1 aliphatic rings. The highest BCUT2D eigenvalue weighted by Gasteiger charge is 2.40. The Hall–Kier alpha value is -0.290. The zero-order chi connectivity index (χ0) is 15.7. The number of halogens is 3. The fourth-order valence-corrected chi connectivity index (χ4v) is 2.81. The smallest absolute Gasteiger partial charge is 0.316 e. The van der Waals surface area contributed by atoms with Crippen LogP contribution in [0, 0.1) is 11.8 Å². The van der Waals surface area contributed by atoms with Crippen LogP contribution < -0.4 is 5.32 Å². The molecular weight excluding hydrogens is 277 g/mol. The van der Waals surface area contributed by atoms with Gasteiger partial charge in [-0.3, -0.25) is 0 Å². The monoisotopic (exact) mass is 308 g/mol. The highest BCUT2D eigenvalue weighted by molar-refractivity contribution is 4.76. The second-order valence-electron chi connectivity index (χ2n) is 6.67. The lowest BCUT2D eigenvalue weighted by Crippen LogP contribution is -2.39. The molecule has 1 saturated heterocycles. The van der Waals surface area contributed by atoms with Gasteiger partial charge >= 0.3 is 6.18 Å². The molecule has 0 aromatic rings. The van der Waals surface area contributed by atoms with Crippen molar-refractivity contribution in [2.24, 2.45) is 11.8 Å². The molecule has 1 aliphatic heterocycles. The van der Waals surface area contributed by atoms with E-state index < -0.39 is 12.1 Å². The summed E-state index contributed by atoms with van der Waals surface area (Å²) < 4.78 is 37.6. The van der Waals surface area contributed by atoms with Crippen LogP contribution >= 0.6 is 0 Å². The Kier molecular flexibility index (Phi) is 8.64. The number of alkyl halides is 3. The average molecular weight is 308 g/mol. The average Bonchev–Trinajstić information content (AvgIpc) is 2.41. The Morgan fingerprint density at radius 1 is 1.05 bits per heavy atom. The van der Waals surface area contributed by atoms with Crippen LogP contribution in [0.15, 0.2) is 0 Å². The number of hydrogen-bond acceptors (Lipinski definition) is 2. The summed E-state index contributed by atoms with van der Waals surface area (Å²) in [7, 11) is 0. The molecule has 0 bridgehead atoms. The molecule has 2 nitrogen and oxygen atoms in total. The summed E-state index contributed by atoms with van der Waals surface area (Å²) in [6.45, 7) is 8.75. The third-order valence-corrected chi connectivity index (χ3v) is 4.18. The first-order chi connectivity index (χ1) is 9.89. The highest BCUT2D eigenvalue weighted by Crippen LogP contribution is 2.34. The second-order valence-corrected chi connectivity index (χ2v) is 6.67. The molecule has 1 fully saturated rings. The van der Waals surface area contributed by atoms with Crippen LogP contribution in [0.1, 0.15) is 52.4 Å². The number of piperidine rings is 1. The maximum Gasteiger partial charge on any atom is 0.391 e. The Labute approximate surface area is 127 Å². The van der Waals surface area contributed by atoms with Crippen molar-refractivity contribution in [3.8, 4) is 0 Å². The number of nitrogens with zero attached hydrogens (tertiary/aromatic N) is 1. The van der Waals surface area contributed by atoms with Gasteiger partial charge in [-0.2, -0.15) is 13.2 Å². The summed E-state index contributed by atoms with van der Waals surface area (Å²) in [5.41, 5.74) is 0. The summed E-state index contributed by atoms with van der Waals surface area (Å²) in [4.78, 5) is 2.19. The minimum absolute atomic E-state index is 0.280. The Morgan fingerprint density at radius 3 is 2.24 bits per heavy atom. The highest BCUT2D eigenvalue weighted by atomic mass is 19.4. The van der Waals surface area contributed by atoms with Crippen molar-refractivity contribution in [1.82, 2.24) is 10.2 Å². The van der Waals surface area contributed by atoms with E-state index in [2.05, 4.69) is 24.1 Å². The number of rotatable bonds is 9. The zero-order valence-electron chi connectivity index (χ0n) is 13.5. The molecule has 0 amide bonds. The lowest BCUT2D eigenvalue weighted by molar-refractivity contribution is -0.185. The van der Waals surface area contributed by atoms with Crippen molar-refractivity contribution in [3.63, 3.8) is 0 Å². The molecule has 0 aromatic carbocycles. The molecule has 1 heterocycles. The van der Waals surface area contributed by atoms with Gasteiger partial charge in [-0.25, -0.2) is 0 Å². The quantitative estimate of drug-likeness (QED) is 0.646. The number of likely N-dealkylation sites (tertiary alicyclic amines) is 1. The van der Waals surface area contributed by atoms with Crippen LogP contribution in [-0.2, 0) is 0 Å². The van der Waals surface area contributed by atoms with Crippen molar-refractivity contribution in [2.45, 2.75) is 58.5 Å². The zero-order valence-corrected chi connectivity index (χ0v) is 13.5. The maximum atomic E-state index is 12.5. The van der Waals surface area contributed by atoms with Gasteiger partial charge in [0.05, 0.1) is 5.92 Å². The summed E-state index contributed by atoms with van der Waals surface area (Å²) in [5.74, 6) is -0.370. The van der Waals surface area contributed by atoms with Crippen LogP contribution in [0.2, 0.25) is 0 Å². The first-order valence-corrected chi connectivity index (χ1v) is 8.39. The van der Waals surface area contributed by atoms with Gasteiger partial charge in [0.1, 0.15) is 0 Å². The summed E-state index contributed by atoms with van der Waals surface area (Å²) in [6, 6.07) is 0. The van der Waals surface area contributed by atoms with E-state index in [0.717, 1.165) is 26.1 Å². The minimum Gasteiger partial charge on any atom is -0.316 e. The summed E-state index contributed by atoms with van der Waals surface area (Å²) in [6.07, 6.45) is 1.27. The molecule has 0 atom stereocenters. The molecule has 1 rings (SSSR count). The fraction of sp³-hybridized carbons (Fsp3) is 1.00. The molecule has 5 heteroatoms.